The number of hydrazine groups is 1. The predicted octanol–water partition coefficient (Wildman–Crippen LogP) is 3.98. The van der Waals surface area contributed by atoms with E-state index in [1.807, 2.05) is 56.3 Å². The molecule has 2 rings (SSSR count). The molecule has 1 unspecified atom stereocenters. The molecule has 0 fully saturated rings. The van der Waals surface area contributed by atoms with Crippen molar-refractivity contribution in [2.75, 3.05) is 6.61 Å². The first-order chi connectivity index (χ1) is 14.1. The Hall–Kier alpha value is -3.02. The zero-order valence-electron chi connectivity index (χ0n) is 18.7. The minimum Gasteiger partial charge on any atom is -0.484 e. The van der Waals surface area contributed by atoms with Gasteiger partial charge in [-0.05, 0) is 73.6 Å². The van der Waals surface area contributed by atoms with Gasteiger partial charge in [-0.25, -0.2) is 0 Å². The lowest BCUT2D eigenvalue weighted by Crippen LogP contribution is -2.48. The summed E-state index contributed by atoms with van der Waals surface area (Å²) in [5.41, 5.74) is 8.24. The molecule has 2 aromatic carbocycles. The van der Waals surface area contributed by atoms with Crippen LogP contribution in [0.3, 0.4) is 0 Å². The Labute approximate surface area is 178 Å². The van der Waals surface area contributed by atoms with Crippen molar-refractivity contribution in [3.8, 4) is 11.5 Å². The number of nitrogens with one attached hydrogen (secondary N) is 2. The van der Waals surface area contributed by atoms with Crippen molar-refractivity contribution in [2.24, 2.45) is 0 Å². The second-order valence-electron chi connectivity index (χ2n) is 8.09. The number of rotatable bonds is 8. The monoisotopic (exact) mass is 412 g/mol. The van der Waals surface area contributed by atoms with E-state index in [1.54, 1.807) is 6.92 Å². The Morgan fingerprint density at radius 2 is 1.60 bits per heavy atom. The van der Waals surface area contributed by atoms with Crippen LogP contribution in [0.4, 0.5) is 0 Å². The van der Waals surface area contributed by atoms with Gasteiger partial charge in [0, 0.05) is 0 Å². The Balaban J connectivity index is 1.77. The van der Waals surface area contributed by atoms with Gasteiger partial charge in [-0.2, -0.15) is 0 Å². The van der Waals surface area contributed by atoms with E-state index in [0.29, 0.717) is 11.5 Å². The first-order valence-electron chi connectivity index (χ1n) is 10.2. The molecule has 6 heteroatoms. The van der Waals surface area contributed by atoms with Gasteiger partial charge in [-0.1, -0.05) is 39.0 Å². The van der Waals surface area contributed by atoms with Gasteiger partial charge in [0.25, 0.3) is 11.8 Å². The van der Waals surface area contributed by atoms with E-state index in [2.05, 4.69) is 31.6 Å². The molecular weight excluding hydrogens is 380 g/mol. The van der Waals surface area contributed by atoms with Crippen LogP contribution in [0.1, 0.15) is 50.8 Å². The number of benzene rings is 2. The Morgan fingerprint density at radius 1 is 0.967 bits per heavy atom. The van der Waals surface area contributed by atoms with Crippen LogP contribution in [0.5, 0.6) is 11.5 Å². The summed E-state index contributed by atoms with van der Waals surface area (Å²) >= 11 is 0. The third kappa shape index (κ3) is 6.51. The summed E-state index contributed by atoms with van der Waals surface area (Å²) in [6, 6.07) is 13.3. The van der Waals surface area contributed by atoms with Crippen LogP contribution < -0.4 is 20.3 Å². The van der Waals surface area contributed by atoms with E-state index in [1.165, 1.54) is 5.56 Å². The van der Waals surface area contributed by atoms with E-state index < -0.39 is 17.9 Å². The van der Waals surface area contributed by atoms with Crippen molar-refractivity contribution in [3.63, 3.8) is 0 Å². The first-order valence-corrected chi connectivity index (χ1v) is 10.2. The molecule has 0 radical (unpaired) electrons. The van der Waals surface area contributed by atoms with Crippen LogP contribution in [0, 0.1) is 13.8 Å². The minimum absolute atomic E-state index is 0.0935. The van der Waals surface area contributed by atoms with Gasteiger partial charge in [0.1, 0.15) is 11.5 Å². The average Bonchev–Trinajstić information content (AvgIpc) is 2.73. The lowest BCUT2D eigenvalue weighted by atomic mass is 9.82. The number of carbonyl (C=O) groups excluding carboxylic acids is 2. The van der Waals surface area contributed by atoms with Crippen molar-refractivity contribution in [2.45, 2.75) is 59.5 Å². The topological polar surface area (TPSA) is 76.7 Å². The second-order valence-corrected chi connectivity index (χ2v) is 8.09. The quantitative estimate of drug-likeness (QED) is 0.643. The molecule has 0 aliphatic carbocycles. The molecule has 2 N–H and O–H groups in total. The summed E-state index contributed by atoms with van der Waals surface area (Å²) in [4.78, 5) is 24.1. The summed E-state index contributed by atoms with van der Waals surface area (Å²) in [6.07, 6.45) is 0.267. The molecule has 0 heterocycles. The van der Waals surface area contributed by atoms with Gasteiger partial charge in [-0.3, -0.25) is 20.4 Å². The van der Waals surface area contributed by atoms with Crippen LogP contribution in [0.2, 0.25) is 0 Å². The standard InChI is InChI=1S/C24H32N2O4/c1-7-24(5,6)19-9-12-20(13-10-19)29-15-22(27)25-26-23(28)18(4)30-21-11-8-16(2)17(3)14-21/h8-14,18H,7,15H2,1-6H3,(H,25,27)(H,26,28). The molecule has 2 aromatic rings. The van der Waals surface area contributed by atoms with Crippen molar-refractivity contribution < 1.29 is 19.1 Å². The molecule has 0 bridgehead atoms. The van der Waals surface area contributed by atoms with Crippen molar-refractivity contribution in [1.82, 2.24) is 10.9 Å². The Morgan fingerprint density at radius 3 is 2.20 bits per heavy atom. The third-order valence-corrected chi connectivity index (χ3v) is 5.38. The molecule has 0 saturated heterocycles. The highest BCUT2D eigenvalue weighted by Gasteiger charge is 2.18. The summed E-state index contributed by atoms with van der Waals surface area (Å²) in [6.45, 7) is 11.9. The van der Waals surface area contributed by atoms with E-state index >= 15 is 0 Å². The summed E-state index contributed by atoms with van der Waals surface area (Å²) < 4.78 is 11.1. The second kappa shape index (κ2) is 10.1. The van der Waals surface area contributed by atoms with Crippen molar-refractivity contribution in [3.05, 3.63) is 59.2 Å². The molecule has 0 spiro atoms. The fourth-order valence-corrected chi connectivity index (χ4v) is 2.67. The van der Waals surface area contributed by atoms with Gasteiger partial charge in [0.15, 0.2) is 12.7 Å². The number of ether oxygens (including phenoxy) is 2. The highest BCUT2D eigenvalue weighted by atomic mass is 16.5. The summed E-state index contributed by atoms with van der Waals surface area (Å²) in [5.74, 6) is 0.288. The predicted molar refractivity (Wildman–Crippen MR) is 118 cm³/mol. The van der Waals surface area contributed by atoms with Crippen LogP contribution >= 0.6 is 0 Å². The molecule has 6 nitrogen and oxygen atoms in total. The smallest absolute Gasteiger partial charge is 0.279 e. The maximum atomic E-state index is 12.1. The molecule has 30 heavy (non-hydrogen) atoms. The van der Waals surface area contributed by atoms with Crippen molar-refractivity contribution >= 4 is 11.8 Å². The maximum absolute atomic E-state index is 12.1. The van der Waals surface area contributed by atoms with E-state index in [4.69, 9.17) is 9.47 Å². The average molecular weight is 413 g/mol. The van der Waals surface area contributed by atoms with Gasteiger partial charge in [0.05, 0.1) is 0 Å². The van der Waals surface area contributed by atoms with Crippen LogP contribution in [0.15, 0.2) is 42.5 Å². The molecule has 0 saturated carbocycles. The van der Waals surface area contributed by atoms with E-state index in [0.717, 1.165) is 17.5 Å². The molecule has 2 amide bonds. The lowest BCUT2D eigenvalue weighted by Gasteiger charge is -2.23. The highest BCUT2D eigenvalue weighted by Crippen LogP contribution is 2.28. The zero-order chi connectivity index (χ0) is 22.3. The van der Waals surface area contributed by atoms with Gasteiger partial charge in [-0.15, -0.1) is 0 Å². The number of hydrogen-bond donors (Lipinski definition) is 2. The molecule has 1 atom stereocenters. The maximum Gasteiger partial charge on any atom is 0.279 e. The zero-order valence-corrected chi connectivity index (χ0v) is 18.7. The summed E-state index contributed by atoms with van der Waals surface area (Å²) in [7, 11) is 0. The molecule has 162 valence electrons. The van der Waals surface area contributed by atoms with Gasteiger partial charge in [0.2, 0.25) is 0 Å². The number of carbonyl (C=O) groups is 2. The highest BCUT2D eigenvalue weighted by molar-refractivity contribution is 5.85. The Kier molecular flexibility index (Phi) is 7.86. The van der Waals surface area contributed by atoms with E-state index in [-0.39, 0.29) is 12.0 Å². The lowest BCUT2D eigenvalue weighted by molar-refractivity contribution is -0.133. The first kappa shape index (κ1) is 23.3. The van der Waals surface area contributed by atoms with Gasteiger partial charge >= 0.3 is 0 Å². The van der Waals surface area contributed by atoms with E-state index in [9.17, 15) is 9.59 Å². The third-order valence-electron chi connectivity index (χ3n) is 5.38. The molecule has 0 aliphatic heterocycles. The summed E-state index contributed by atoms with van der Waals surface area (Å²) in [5, 5.41) is 0. The normalized spacial score (nSPS) is 12.1. The fraction of sp³-hybridized carbons (Fsp3) is 0.417. The van der Waals surface area contributed by atoms with Gasteiger partial charge < -0.3 is 9.47 Å². The number of amides is 2. The number of aryl methyl sites for hydroxylation is 2. The molecular formula is C24H32N2O4. The fourth-order valence-electron chi connectivity index (χ4n) is 2.67. The Bertz CT molecular complexity index is 875. The molecule has 0 aliphatic rings. The van der Waals surface area contributed by atoms with Crippen molar-refractivity contribution in [1.29, 1.82) is 0 Å². The van der Waals surface area contributed by atoms with Crippen LogP contribution in [-0.2, 0) is 15.0 Å². The van der Waals surface area contributed by atoms with Crippen LogP contribution in [-0.4, -0.2) is 24.5 Å². The SMILES string of the molecule is CCC(C)(C)c1ccc(OCC(=O)NNC(=O)C(C)Oc2ccc(C)c(C)c2)cc1. The van der Waals surface area contributed by atoms with Crippen LogP contribution in [0.25, 0.3) is 0 Å². The largest absolute Gasteiger partial charge is 0.484 e. The minimum atomic E-state index is -0.761. The molecule has 0 aromatic heterocycles. The number of hydrogen-bond acceptors (Lipinski definition) is 4.